The summed E-state index contributed by atoms with van der Waals surface area (Å²) in [5.41, 5.74) is 1.93. The molecular weight excluding hydrogens is 254 g/mol. The minimum absolute atomic E-state index is 0.150. The zero-order valence-electron chi connectivity index (χ0n) is 11.7. The smallest absolute Gasteiger partial charge is 0.356 e. The zero-order valence-corrected chi connectivity index (χ0v) is 11.7. The maximum absolute atomic E-state index is 11.3. The van der Waals surface area contributed by atoms with Crippen LogP contribution >= 0.6 is 0 Å². The van der Waals surface area contributed by atoms with Gasteiger partial charge in [-0.15, -0.1) is 0 Å². The lowest BCUT2D eigenvalue weighted by Gasteiger charge is -2.25. The van der Waals surface area contributed by atoms with Gasteiger partial charge in [0, 0.05) is 6.20 Å². The first-order chi connectivity index (χ1) is 9.65. The van der Waals surface area contributed by atoms with E-state index in [0.717, 1.165) is 31.0 Å². The average Bonchev–Trinajstić information content (AvgIpc) is 2.78. The summed E-state index contributed by atoms with van der Waals surface area (Å²) in [6.45, 7) is 4.87. The molecule has 0 aromatic carbocycles. The summed E-state index contributed by atoms with van der Waals surface area (Å²) < 4.78 is 1.92. The summed E-state index contributed by atoms with van der Waals surface area (Å²) >= 11 is 0. The quantitative estimate of drug-likeness (QED) is 0.932. The molecule has 106 valence electrons. The third-order valence-electron chi connectivity index (χ3n) is 3.87. The predicted molar refractivity (Wildman–Crippen MR) is 76.0 cm³/mol. The molecule has 0 saturated carbocycles. The van der Waals surface area contributed by atoms with E-state index in [1.165, 1.54) is 19.3 Å². The van der Waals surface area contributed by atoms with Gasteiger partial charge in [0.05, 0.1) is 12.1 Å². The van der Waals surface area contributed by atoms with Gasteiger partial charge in [0.15, 0.2) is 5.69 Å². The number of aryl methyl sites for hydroxylation is 1. The summed E-state index contributed by atoms with van der Waals surface area (Å²) in [6, 6.07) is 3.76. The van der Waals surface area contributed by atoms with E-state index in [-0.39, 0.29) is 5.69 Å². The van der Waals surface area contributed by atoms with Crippen molar-refractivity contribution in [2.45, 2.75) is 32.7 Å². The Balaban J connectivity index is 2.00. The molecule has 0 unspecified atom stereocenters. The second-order valence-corrected chi connectivity index (χ2v) is 5.48. The fourth-order valence-electron chi connectivity index (χ4n) is 2.84. The second-order valence-electron chi connectivity index (χ2n) is 5.48. The van der Waals surface area contributed by atoms with Gasteiger partial charge in [-0.3, -0.25) is 4.90 Å². The van der Waals surface area contributed by atoms with Crippen molar-refractivity contribution in [1.29, 1.82) is 0 Å². The number of hydrogen-bond acceptors (Lipinski definition) is 3. The molecule has 3 heterocycles. The highest BCUT2D eigenvalue weighted by atomic mass is 16.4. The van der Waals surface area contributed by atoms with Crippen LogP contribution in [-0.4, -0.2) is 38.4 Å². The van der Waals surface area contributed by atoms with Gasteiger partial charge >= 0.3 is 5.97 Å². The molecule has 0 radical (unpaired) electrons. The van der Waals surface area contributed by atoms with Gasteiger partial charge < -0.3 is 9.51 Å². The first kappa shape index (κ1) is 13.1. The van der Waals surface area contributed by atoms with E-state index in [0.29, 0.717) is 5.52 Å². The highest BCUT2D eigenvalue weighted by Gasteiger charge is 2.19. The van der Waals surface area contributed by atoms with E-state index in [9.17, 15) is 9.90 Å². The number of rotatable bonds is 3. The zero-order chi connectivity index (χ0) is 14.1. The lowest BCUT2D eigenvalue weighted by atomic mass is 10.1. The van der Waals surface area contributed by atoms with Crippen LogP contribution in [0.5, 0.6) is 0 Å². The number of aromatic carboxylic acids is 1. The fraction of sp³-hybridized carbons (Fsp3) is 0.467. The Kier molecular flexibility index (Phi) is 3.44. The van der Waals surface area contributed by atoms with Gasteiger partial charge in [0.25, 0.3) is 0 Å². The van der Waals surface area contributed by atoms with Crippen LogP contribution in [0.15, 0.2) is 18.3 Å². The number of carboxylic acids is 1. The van der Waals surface area contributed by atoms with Crippen molar-refractivity contribution < 1.29 is 9.90 Å². The maximum atomic E-state index is 11.3. The second kappa shape index (κ2) is 5.25. The molecule has 1 saturated heterocycles. The number of imidazole rings is 1. The number of carboxylic acid groups (broad SMARTS) is 1. The number of fused-ring (bicyclic) bond motifs is 1. The molecule has 0 spiro atoms. The van der Waals surface area contributed by atoms with Crippen molar-refractivity contribution in [2.24, 2.45) is 0 Å². The summed E-state index contributed by atoms with van der Waals surface area (Å²) in [6.07, 6.45) is 5.69. The predicted octanol–water partition coefficient (Wildman–Crippen LogP) is 2.33. The molecule has 1 aliphatic heterocycles. The molecule has 3 rings (SSSR count). The Morgan fingerprint density at radius 1 is 1.30 bits per heavy atom. The molecule has 2 aromatic rings. The van der Waals surface area contributed by atoms with Gasteiger partial charge in [0.1, 0.15) is 5.82 Å². The summed E-state index contributed by atoms with van der Waals surface area (Å²) in [5, 5.41) is 9.28. The molecule has 1 N–H and O–H groups in total. The van der Waals surface area contributed by atoms with Crippen molar-refractivity contribution in [3.63, 3.8) is 0 Å². The van der Waals surface area contributed by atoms with Crippen LogP contribution in [0, 0.1) is 6.92 Å². The number of hydrogen-bond donors (Lipinski definition) is 1. The Bertz CT molecular complexity index is 642. The molecule has 0 aliphatic carbocycles. The van der Waals surface area contributed by atoms with Gasteiger partial charge in [-0.05, 0) is 44.5 Å². The van der Waals surface area contributed by atoms with Gasteiger partial charge in [-0.2, -0.15) is 0 Å². The molecule has 2 aromatic heterocycles. The molecular formula is C15H19N3O2. The number of carbonyl (C=O) groups is 1. The van der Waals surface area contributed by atoms with Crippen LogP contribution in [0.4, 0.5) is 0 Å². The van der Waals surface area contributed by atoms with Crippen molar-refractivity contribution in [3.8, 4) is 0 Å². The molecule has 20 heavy (non-hydrogen) atoms. The topological polar surface area (TPSA) is 57.8 Å². The van der Waals surface area contributed by atoms with Crippen molar-refractivity contribution in [1.82, 2.24) is 14.3 Å². The van der Waals surface area contributed by atoms with E-state index in [2.05, 4.69) is 9.88 Å². The van der Waals surface area contributed by atoms with Crippen LogP contribution in [0.2, 0.25) is 0 Å². The Hall–Kier alpha value is -1.88. The molecule has 1 aliphatic rings. The Morgan fingerprint density at radius 2 is 2.05 bits per heavy atom. The first-order valence-corrected chi connectivity index (χ1v) is 7.08. The average molecular weight is 273 g/mol. The van der Waals surface area contributed by atoms with Crippen LogP contribution in [0.3, 0.4) is 0 Å². The minimum atomic E-state index is -0.962. The molecule has 5 nitrogen and oxygen atoms in total. The van der Waals surface area contributed by atoms with Crippen LogP contribution in [-0.2, 0) is 6.54 Å². The normalized spacial score (nSPS) is 16.6. The largest absolute Gasteiger partial charge is 0.476 e. The van der Waals surface area contributed by atoms with Gasteiger partial charge in [-0.25, -0.2) is 9.78 Å². The van der Waals surface area contributed by atoms with E-state index in [1.807, 2.05) is 29.7 Å². The number of likely N-dealkylation sites (tertiary alicyclic amines) is 1. The molecule has 0 atom stereocenters. The van der Waals surface area contributed by atoms with Gasteiger partial charge in [-0.1, -0.05) is 12.5 Å². The van der Waals surface area contributed by atoms with E-state index in [1.54, 1.807) is 0 Å². The highest BCUT2D eigenvalue weighted by molar-refractivity contribution is 5.93. The third-order valence-corrected chi connectivity index (χ3v) is 3.87. The van der Waals surface area contributed by atoms with E-state index >= 15 is 0 Å². The lowest BCUT2D eigenvalue weighted by Crippen LogP contribution is -2.29. The SMILES string of the molecule is Cc1ccc2c(C(=O)O)nc(CN3CCCCC3)n2c1. The van der Waals surface area contributed by atoms with Crippen molar-refractivity contribution in [2.75, 3.05) is 13.1 Å². The fourth-order valence-corrected chi connectivity index (χ4v) is 2.84. The number of piperidine rings is 1. The summed E-state index contributed by atoms with van der Waals surface area (Å²) in [5.74, 6) is -0.140. The Labute approximate surface area is 117 Å². The third kappa shape index (κ3) is 2.41. The lowest BCUT2D eigenvalue weighted by molar-refractivity contribution is 0.0693. The van der Waals surface area contributed by atoms with Gasteiger partial charge in [0.2, 0.25) is 0 Å². The van der Waals surface area contributed by atoms with Crippen LogP contribution in [0.25, 0.3) is 5.52 Å². The number of pyridine rings is 1. The molecule has 1 fully saturated rings. The van der Waals surface area contributed by atoms with Crippen LogP contribution < -0.4 is 0 Å². The molecule has 5 heteroatoms. The van der Waals surface area contributed by atoms with Crippen molar-refractivity contribution >= 4 is 11.5 Å². The highest BCUT2D eigenvalue weighted by Crippen LogP contribution is 2.18. The Morgan fingerprint density at radius 3 is 2.75 bits per heavy atom. The monoisotopic (exact) mass is 273 g/mol. The van der Waals surface area contributed by atoms with E-state index < -0.39 is 5.97 Å². The van der Waals surface area contributed by atoms with E-state index in [4.69, 9.17) is 0 Å². The molecule has 0 amide bonds. The minimum Gasteiger partial charge on any atom is -0.476 e. The first-order valence-electron chi connectivity index (χ1n) is 7.08. The van der Waals surface area contributed by atoms with Crippen LogP contribution in [0.1, 0.15) is 41.1 Å². The summed E-state index contributed by atoms with van der Waals surface area (Å²) in [4.78, 5) is 18.0. The van der Waals surface area contributed by atoms with Crippen molar-refractivity contribution in [3.05, 3.63) is 35.4 Å². The standard InChI is InChI=1S/C15H19N3O2/c1-11-5-6-12-14(15(19)20)16-13(18(12)9-11)10-17-7-3-2-4-8-17/h5-6,9H,2-4,7-8,10H2,1H3,(H,19,20). The molecule has 0 bridgehead atoms. The summed E-state index contributed by atoms with van der Waals surface area (Å²) in [7, 11) is 0. The number of nitrogens with zero attached hydrogens (tertiary/aromatic N) is 3. The number of aromatic nitrogens is 2. The maximum Gasteiger partial charge on any atom is 0.356 e.